The van der Waals surface area contributed by atoms with Crippen LogP contribution in [0, 0.1) is 0 Å². The molecule has 19 heavy (non-hydrogen) atoms. The van der Waals surface area contributed by atoms with E-state index < -0.39 is 6.04 Å². The van der Waals surface area contributed by atoms with Crippen LogP contribution in [0.4, 0.5) is 0 Å². The number of ether oxygens (including phenoxy) is 2. The van der Waals surface area contributed by atoms with E-state index in [9.17, 15) is 9.59 Å². The standard InChI is InChI=1S/C13H25NO4S/c1-3-18-12(15)7-5-4-6-9-19-10-8-11(14)13(16)17-2/h11H,3-10,14H2,1-2H3. The molecule has 0 heterocycles. The molecule has 0 radical (unpaired) electrons. The summed E-state index contributed by atoms with van der Waals surface area (Å²) in [5, 5.41) is 0. The minimum absolute atomic E-state index is 0.112. The summed E-state index contributed by atoms with van der Waals surface area (Å²) in [5.41, 5.74) is 5.61. The molecule has 0 fully saturated rings. The van der Waals surface area contributed by atoms with Gasteiger partial charge in [0.05, 0.1) is 13.7 Å². The van der Waals surface area contributed by atoms with Crippen LogP contribution in [-0.4, -0.2) is 43.2 Å². The second kappa shape index (κ2) is 12.3. The molecule has 0 aliphatic rings. The Bertz CT molecular complexity index is 261. The fourth-order valence-corrected chi connectivity index (χ4v) is 2.50. The number of carbonyl (C=O) groups excluding carboxylic acids is 2. The van der Waals surface area contributed by atoms with E-state index in [2.05, 4.69) is 4.74 Å². The van der Waals surface area contributed by atoms with Gasteiger partial charge in [-0.2, -0.15) is 11.8 Å². The Morgan fingerprint density at radius 1 is 1.21 bits per heavy atom. The van der Waals surface area contributed by atoms with Gasteiger partial charge < -0.3 is 15.2 Å². The first-order valence-electron chi connectivity index (χ1n) is 6.68. The summed E-state index contributed by atoms with van der Waals surface area (Å²) < 4.78 is 9.39. The summed E-state index contributed by atoms with van der Waals surface area (Å²) in [7, 11) is 1.35. The topological polar surface area (TPSA) is 78.6 Å². The van der Waals surface area contributed by atoms with Crippen molar-refractivity contribution in [2.45, 2.75) is 45.1 Å². The van der Waals surface area contributed by atoms with Gasteiger partial charge in [0.1, 0.15) is 6.04 Å². The number of nitrogens with two attached hydrogens (primary N) is 1. The molecule has 1 unspecified atom stereocenters. The normalized spacial score (nSPS) is 11.9. The molecule has 1 atom stereocenters. The van der Waals surface area contributed by atoms with Crippen molar-refractivity contribution in [3.63, 3.8) is 0 Å². The Morgan fingerprint density at radius 3 is 2.58 bits per heavy atom. The zero-order valence-electron chi connectivity index (χ0n) is 11.9. The van der Waals surface area contributed by atoms with Crippen molar-refractivity contribution in [3.8, 4) is 0 Å². The van der Waals surface area contributed by atoms with E-state index in [0.29, 0.717) is 19.4 Å². The van der Waals surface area contributed by atoms with Gasteiger partial charge in [-0.05, 0) is 37.7 Å². The van der Waals surface area contributed by atoms with Gasteiger partial charge in [-0.3, -0.25) is 9.59 Å². The van der Waals surface area contributed by atoms with Gasteiger partial charge in [0, 0.05) is 6.42 Å². The van der Waals surface area contributed by atoms with Gasteiger partial charge in [-0.1, -0.05) is 6.42 Å². The number of methoxy groups -OCH3 is 1. The Kier molecular flexibility index (Phi) is 11.8. The molecular formula is C13H25NO4S. The van der Waals surface area contributed by atoms with Gasteiger partial charge in [0.2, 0.25) is 0 Å². The maximum atomic E-state index is 11.1. The van der Waals surface area contributed by atoms with Crippen molar-refractivity contribution in [2.24, 2.45) is 5.73 Å². The third-order valence-corrected chi connectivity index (χ3v) is 3.65. The molecule has 112 valence electrons. The van der Waals surface area contributed by atoms with Gasteiger partial charge in [-0.25, -0.2) is 0 Å². The molecule has 0 aliphatic carbocycles. The van der Waals surface area contributed by atoms with Crippen molar-refractivity contribution in [1.82, 2.24) is 0 Å². The van der Waals surface area contributed by atoms with Crippen LogP contribution < -0.4 is 5.73 Å². The highest BCUT2D eigenvalue weighted by molar-refractivity contribution is 7.99. The van der Waals surface area contributed by atoms with E-state index >= 15 is 0 Å². The van der Waals surface area contributed by atoms with Crippen molar-refractivity contribution >= 4 is 23.7 Å². The third-order valence-electron chi connectivity index (χ3n) is 2.55. The van der Waals surface area contributed by atoms with E-state index in [4.69, 9.17) is 10.5 Å². The van der Waals surface area contributed by atoms with Crippen LogP contribution in [0.3, 0.4) is 0 Å². The highest BCUT2D eigenvalue weighted by Gasteiger charge is 2.12. The van der Waals surface area contributed by atoms with Crippen LogP contribution in [0.5, 0.6) is 0 Å². The maximum absolute atomic E-state index is 11.1. The summed E-state index contributed by atoms with van der Waals surface area (Å²) in [5.74, 6) is 1.42. The first kappa shape index (κ1) is 18.2. The molecule has 0 aliphatic heterocycles. The second-order valence-electron chi connectivity index (χ2n) is 4.15. The molecule has 0 saturated heterocycles. The van der Waals surface area contributed by atoms with Gasteiger partial charge >= 0.3 is 11.9 Å². The number of rotatable bonds is 11. The highest BCUT2D eigenvalue weighted by atomic mass is 32.2. The van der Waals surface area contributed by atoms with Crippen LogP contribution in [0.15, 0.2) is 0 Å². The number of esters is 2. The number of thioether (sulfide) groups is 1. The molecule has 0 amide bonds. The van der Waals surface area contributed by atoms with E-state index in [1.165, 1.54) is 7.11 Å². The lowest BCUT2D eigenvalue weighted by Gasteiger charge is -2.08. The lowest BCUT2D eigenvalue weighted by molar-refractivity contribution is -0.143. The minimum atomic E-state index is -0.513. The first-order chi connectivity index (χ1) is 9.11. The smallest absolute Gasteiger partial charge is 0.322 e. The van der Waals surface area contributed by atoms with Crippen LogP contribution in [0.1, 0.15) is 39.0 Å². The van der Waals surface area contributed by atoms with E-state index in [1.807, 2.05) is 6.92 Å². The van der Waals surface area contributed by atoms with Crippen LogP contribution in [-0.2, 0) is 19.1 Å². The van der Waals surface area contributed by atoms with Crippen LogP contribution in [0.25, 0.3) is 0 Å². The van der Waals surface area contributed by atoms with Crippen molar-refractivity contribution in [1.29, 1.82) is 0 Å². The Morgan fingerprint density at radius 2 is 1.95 bits per heavy atom. The predicted molar refractivity (Wildman–Crippen MR) is 77.0 cm³/mol. The number of unbranched alkanes of at least 4 members (excludes halogenated alkanes) is 2. The zero-order valence-corrected chi connectivity index (χ0v) is 12.7. The average Bonchev–Trinajstić information content (AvgIpc) is 2.40. The summed E-state index contributed by atoms with van der Waals surface area (Å²) in [4.78, 5) is 22.1. The number of hydrogen-bond acceptors (Lipinski definition) is 6. The molecule has 5 nitrogen and oxygen atoms in total. The van der Waals surface area contributed by atoms with E-state index in [1.54, 1.807) is 11.8 Å². The molecule has 0 aromatic rings. The Balaban J connectivity index is 3.27. The molecule has 0 bridgehead atoms. The molecule has 0 saturated carbocycles. The SMILES string of the molecule is CCOC(=O)CCCCCSCCC(N)C(=O)OC. The Hall–Kier alpha value is -0.750. The van der Waals surface area contributed by atoms with E-state index in [0.717, 1.165) is 30.8 Å². The highest BCUT2D eigenvalue weighted by Crippen LogP contribution is 2.10. The second-order valence-corrected chi connectivity index (χ2v) is 5.37. The fourth-order valence-electron chi connectivity index (χ4n) is 1.46. The molecule has 6 heteroatoms. The summed E-state index contributed by atoms with van der Waals surface area (Å²) in [6.07, 6.45) is 4.11. The lowest BCUT2D eigenvalue weighted by Crippen LogP contribution is -2.32. The summed E-state index contributed by atoms with van der Waals surface area (Å²) in [6, 6.07) is -0.513. The van der Waals surface area contributed by atoms with Crippen LogP contribution >= 0.6 is 11.8 Å². The monoisotopic (exact) mass is 291 g/mol. The molecule has 0 spiro atoms. The summed E-state index contributed by atoms with van der Waals surface area (Å²) in [6.45, 7) is 2.27. The van der Waals surface area contributed by atoms with Gasteiger partial charge in [-0.15, -0.1) is 0 Å². The first-order valence-corrected chi connectivity index (χ1v) is 7.84. The largest absolute Gasteiger partial charge is 0.468 e. The third kappa shape index (κ3) is 10.8. The molecule has 0 aromatic carbocycles. The minimum Gasteiger partial charge on any atom is -0.468 e. The lowest BCUT2D eigenvalue weighted by atomic mass is 10.2. The van der Waals surface area contributed by atoms with Crippen molar-refractivity contribution in [2.75, 3.05) is 25.2 Å². The molecule has 2 N–H and O–H groups in total. The molecule has 0 rings (SSSR count). The van der Waals surface area contributed by atoms with Crippen molar-refractivity contribution < 1.29 is 19.1 Å². The summed E-state index contributed by atoms with van der Waals surface area (Å²) >= 11 is 1.77. The maximum Gasteiger partial charge on any atom is 0.322 e. The zero-order chi connectivity index (χ0) is 14.5. The quantitative estimate of drug-likeness (QED) is 0.461. The van der Waals surface area contributed by atoms with Gasteiger partial charge in [0.25, 0.3) is 0 Å². The average molecular weight is 291 g/mol. The molecule has 0 aromatic heterocycles. The van der Waals surface area contributed by atoms with Crippen molar-refractivity contribution in [3.05, 3.63) is 0 Å². The van der Waals surface area contributed by atoms with Gasteiger partial charge in [0.15, 0.2) is 0 Å². The Labute approximate surface area is 119 Å². The molecular weight excluding hydrogens is 266 g/mol. The van der Waals surface area contributed by atoms with E-state index in [-0.39, 0.29) is 11.9 Å². The fraction of sp³-hybridized carbons (Fsp3) is 0.846. The predicted octanol–water partition coefficient (Wildman–Crippen LogP) is 1.73. The number of hydrogen-bond donors (Lipinski definition) is 1. The number of carbonyl (C=O) groups is 2. The van der Waals surface area contributed by atoms with Crippen LogP contribution in [0.2, 0.25) is 0 Å².